The first-order valence-electron chi connectivity index (χ1n) is 6.88. The monoisotopic (exact) mass is 294 g/mol. The number of hydrogen-bond acceptors (Lipinski definition) is 5. The van der Waals surface area contributed by atoms with Crippen molar-refractivity contribution in [1.29, 1.82) is 0 Å². The summed E-state index contributed by atoms with van der Waals surface area (Å²) in [6, 6.07) is 0. The van der Waals surface area contributed by atoms with E-state index < -0.39 is 17.0 Å². The Hall–Kier alpha value is -1.96. The predicted octanol–water partition coefficient (Wildman–Crippen LogP) is -0.331. The summed E-state index contributed by atoms with van der Waals surface area (Å²) in [5.41, 5.74) is -1.80. The lowest BCUT2D eigenvalue weighted by Crippen LogP contribution is -2.57. The third-order valence-electron chi connectivity index (χ3n) is 4.50. The standard InChI is InChI=1S/C13H18N4O4/c1-8(9-16-15-7-17(9)2)3-14-10(18)13-4-12(5-13,6-21-13)11(19)20/h7-8H,3-6H2,1-2H3,(H,14,18)(H,19,20). The largest absolute Gasteiger partial charge is 0.481 e. The van der Waals surface area contributed by atoms with Crippen molar-refractivity contribution in [3.05, 3.63) is 12.2 Å². The number of carboxylic acid groups (broad SMARTS) is 1. The maximum absolute atomic E-state index is 12.3. The zero-order valence-corrected chi connectivity index (χ0v) is 12.0. The van der Waals surface area contributed by atoms with Crippen molar-refractivity contribution in [1.82, 2.24) is 20.1 Å². The first kappa shape index (κ1) is 14.0. The minimum atomic E-state index is -0.946. The van der Waals surface area contributed by atoms with Crippen molar-refractivity contribution < 1.29 is 19.4 Å². The van der Waals surface area contributed by atoms with Gasteiger partial charge in [0.15, 0.2) is 0 Å². The summed E-state index contributed by atoms with van der Waals surface area (Å²) in [5.74, 6) is -0.307. The number of fused-ring (bicyclic) bond motifs is 1. The van der Waals surface area contributed by atoms with Crippen LogP contribution in [0.3, 0.4) is 0 Å². The molecule has 2 N–H and O–H groups in total. The third kappa shape index (κ3) is 2.01. The number of aliphatic carboxylic acids is 1. The van der Waals surface area contributed by atoms with Gasteiger partial charge in [-0.05, 0) is 0 Å². The number of hydrogen-bond donors (Lipinski definition) is 2. The van der Waals surface area contributed by atoms with Gasteiger partial charge in [0.25, 0.3) is 5.91 Å². The van der Waals surface area contributed by atoms with Crippen molar-refractivity contribution in [2.24, 2.45) is 12.5 Å². The Morgan fingerprint density at radius 3 is 2.81 bits per heavy atom. The highest BCUT2D eigenvalue weighted by Gasteiger charge is 2.70. The second-order valence-corrected chi connectivity index (χ2v) is 6.13. The number of carbonyl (C=O) groups excluding carboxylic acids is 1. The molecule has 8 nitrogen and oxygen atoms in total. The number of rotatable bonds is 5. The summed E-state index contributed by atoms with van der Waals surface area (Å²) in [7, 11) is 1.85. The number of aromatic nitrogens is 3. The van der Waals surface area contributed by atoms with Gasteiger partial charge in [0.05, 0.1) is 12.0 Å². The lowest BCUT2D eigenvalue weighted by molar-refractivity contribution is -0.158. The van der Waals surface area contributed by atoms with Gasteiger partial charge < -0.3 is 19.7 Å². The fraction of sp³-hybridized carbons (Fsp3) is 0.692. The molecule has 1 aromatic heterocycles. The molecule has 3 aliphatic rings. The molecule has 1 atom stereocenters. The molecule has 1 saturated carbocycles. The molecule has 4 rings (SSSR count). The van der Waals surface area contributed by atoms with E-state index in [-0.39, 0.29) is 31.3 Å². The minimum Gasteiger partial charge on any atom is -0.481 e. The van der Waals surface area contributed by atoms with Crippen LogP contribution in [-0.2, 0) is 21.4 Å². The van der Waals surface area contributed by atoms with E-state index in [1.165, 1.54) is 0 Å². The first-order chi connectivity index (χ1) is 9.89. The molecular weight excluding hydrogens is 276 g/mol. The molecular formula is C13H18N4O4. The van der Waals surface area contributed by atoms with Crippen LogP contribution in [0.4, 0.5) is 0 Å². The summed E-state index contributed by atoms with van der Waals surface area (Å²) in [6.07, 6.45) is 2.14. The molecule has 0 spiro atoms. The van der Waals surface area contributed by atoms with E-state index in [1.807, 2.05) is 14.0 Å². The van der Waals surface area contributed by atoms with Gasteiger partial charge >= 0.3 is 5.97 Å². The van der Waals surface area contributed by atoms with Crippen LogP contribution < -0.4 is 5.32 Å². The highest BCUT2D eigenvalue weighted by Crippen LogP contribution is 2.58. The molecule has 2 saturated heterocycles. The summed E-state index contributed by atoms with van der Waals surface area (Å²) < 4.78 is 7.27. The number of aryl methyl sites for hydroxylation is 1. The van der Waals surface area contributed by atoms with Crippen LogP contribution in [0.15, 0.2) is 6.33 Å². The highest BCUT2D eigenvalue weighted by molar-refractivity contribution is 5.92. The Morgan fingerprint density at radius 1 is 1.57 bits per heavy atom. The first-order valence-corrected chi connectivity index (χ1v) is 6.88. The molecule has 1 unspecified atom stereocenters. The quantitative estimate of drug-likeness (QED) is 0.770. The molecule has 2 bridgehead atoms. The fourth-order valence-electron chi connectivity index (χ4n) is 3.20. The van der Waals surface area contributed by atoms with Crippen molar-refractivity contribution in [3.63, 3.8) is 0 Å². The predicted molar refractivity (Wildman–Crippen MR) is 70.4 cm³/mol. The number of ether oxygens (including phenoxy) is 1. The number of nitrogens with zero attached hydrogens (tertiary/aromatic N) is 3. The van der Waals surface area contributed by atoms with Gasteiger partial charge in [-0.15, -0.1) is 10.2 Å². The zero-order chi connectivity index (χ0) is 15.3. The molecule has 2 aliphatic heterocycles. The number of amides is 1. The Balaban J connectivity index is 1.57. The Labute approximate surface area is 121 Å². The van der Waals surface area contributed by atoms with Gasteiger partial charge in [-0.1, -0.05) is 6.92 Å². The van der Waals surface area contributed by atoms with Crippen LogP contribution in [-0.4, -0.2) is 50.5 Å². The smallest absolute Gasteiger partial charge is 0.312 e. The molecule has 8 heteroatoms. The molecule has 3 fully saturated rings. The van der Waals surface area contributed by atoms with Crippen LogP contribution >= 0.6 is 0 Å². The average molecular weight is 294 g/mol. The normalized spacial score (nSPS) is 31.5. The van der Waals surface area contributed by atoms with Crippen molar-refractivity contribution >= 4 is 11.9 Å². The van der Waals surface area contributed by atoms with Gasteiger partial charge in [-0.3, -0.25) is 9.59 Å². The lowest BCUT2D eigenvalue weighted by atomic mass is 9.62. The van der Waals surface area contributed by atoms with Gasteiger partial charge in [0, 0.05) is 32.4 Å². The van der Waals surface area contributed by atoms with Crippen LogP contribution in [0, 0.1) is 5.41 Å². The summed E-state index contributed by atoms with van der Waals surface area (Å²) in [4.78, 5) is 23.4. The Kier molecular flexibility index (Phi) is 3.01. The number of nitrogens with one attached hydrogen (secondary N) is 1. The van der Waals surface area contributed by atoms with E-state index in [0.29, 0.717) is 6.54 Å². The molecule has 1 amide bonds. The third-order valence-corrected chi connectivity index (χ3v) is 4.50. The maximum atomic E-state index is 12.3. The van der Waals surface area contributed by atoms with Crippen molar-refractivity contribution in [2.75, 3.05) is 13.2 Å². The average Bonchev–Trinajstić information content (AvgIpc) is 3.07. The summed E-state index contributed by atoms with van der Waals surface area (Å²) in [6.45, 7) is 2.48. The van der Waals surface area contributed by atoms with Gasteiger partial charge in [-0.25, -0.2) is 0 Å². The highest BCUT2D eigenvalue weighted by atomic mass is 16.5. The van der Waals surface area contributed by atoms with E-state index in [1.54, 1.807) is 10.9 Å². The lowest BCUT2D eigenvalue weighted by Gasteiger charge is -2.40. The van der Waals surface area contributed by atoms with Crippen LogP contribution in [0.5, 0.6) is 0 Å². The number of carboxylic acids is 1. The molecule has 3 heterocycles. The SMILES string of the molecule is CC(CNC(=O)C12CC(C(=O)O)(CO1)C2)c1nncn1C. The van der Waals surface area contributed by atoms with Gasteiger partial charge in [0.2, 0.25) is 0 Å². The second kappa shape index (κ2) is 4.52. The summed E-state index contributed by atoms with van der Waals surface area (Å²) in [5, 5.41) is 19.8. The van der Waals surface area contributed by atoms with Crippen molar-refractivity contribution in [3.8, 4) is 0 Å². The molecule has 114 valence electrons. The van der Waals surface area contributed by atoms with E-state index in [0.717, 1.165) is 5.82 Å². The second-order valence-electron chi connectivity index (χ2n) is 6.13. The molecule has 0 aromatic carbocycles. The van der Waals surface area contributed by atoms with Gasteiger partial charge in [0.1, 0.15) is 17.8 Å². The Morgan fingerprint density at radius 2 is 2.29 bits per heavy atom. The van der Waals surface area contributed by atoms with E-state index >= 15 is 0 Å². The van der Waals surface area contributed by atoms with E-state index in [9.17, 15) is 9.59 Å². The molecule has 21 heavy (non-hydrogen) atoms. The van der Waals surface area contributed by atoms with Crippen LogP contribution in [0.25, 0.3) is 0 Å². The maximum Gasteiger partial charge on any atom is 0.312 e. The molecule has 0 radical (unpaired) electrons. The van der Waals surface area contributed by atoms with E-state index in [2.05, 4.69) is 15.5 Å². The number of carbonyl (C=O) groups is 2. The zero-order valence-electron chi connectivity index (χ0n) is 12.0. The minimum absolute atomic E-state index is 0.0172. The Bertz CT molecular complexity index is 591. The van der Waals surface area contributed by atoms with Crippen molar-refractivity contribution in [2.45, 2.75) is 31.3 Å². The van der Waals surface area contributed by atoms with E-state index in [4.69, 9.17) is 9.84 Å². The van der Waals surface area contributed by atoms with Gasteiger partial charge in [-0.2, -0.15) is 0 Å². The summed E-state index contributed by atoms with van der Waals surface area (Å²) >= 11 is 0. The molecule has 1 aromatic rings. The van der Waals surface area contributed by atoms with Crippen LogP contribution in [0.1, 0.15) is 31.5 Å². The topological polar surface area (TPSA) is 106 Å². The molecule has 1 aliphatic carbocycles. The fourth-order valence-corrected chi connectivity index (χ4v) is 3.20. The van der Waals surface area contributed by atoms with Crippen LogP contribution in [0.2, 0.25) is 0 Å².